The molecule has 2 heterocycles. The number of anilines is 3. The summed E-state index contributed by atoms with van der Waals surface area (Å²) in [6.45, 7) is 0. The summed E-state index contributed by atoms with van der Waals surface area (Å²) in [5.74, 6) is 0. The summed E-state index contributed by atoms with van der Waals surface area (Å²) in [6, 6.07) is 105. The van der Waals surface area contributed by atoms with Crippen molar-refractivity contribution in [3.05, 3.63) is 324 Å². The summed E-state index contributed by atoms with van der Waals surface area (Å²) >= 11 is 0. The number of fused-ring (bicyclic) bond motifs is 16. The third-order valence-corrected chi connectivity index (χ3v) is 16.9. The minimum atomic E-state index is -0.543. The van der Waals surface area contributed by atoms with Crippen molar-refractivity contribution in [3.63, 3.8) is 0 Å². The summed E-state index contributed by atoms with van der Waals surface area (Å²) in [5, 5.41) is 4.96. The van der Waals surface area contributed by atoms with Crippen LogP contribution >= 0.6 is 0 Å². The third-order valence-electron chi connectivity index (χ3n) is 16.9. The van der Waals surface area contributed by atoms with Crippen LogP contribution in [0.15, 0.2) is 279 Å². The van der Waals surface area contributed by atoms with Gasteiger partial charge in [-0.05, 0) is 126 Å². The van der Waals surface area contributed by atoms with E-state index in [1.807, 2.05) is 0 Å². The summed E-state index contributed by atoms with van der Waals surface area (Å²) in [6.07, 6.45) is 0. The number of benzene rings is 12. The Morgan fingerprint density at radius 3 is 1.55 bits per heavy atom. The van der Waals surface area contributed by atoms with Crippen molar-refractivity contribution in [1.82, 2.24) is 4.57 Å². The van der Waals surface area contributed by atoms with Gasteiger partial charge >= 0.3 is 0 Å². The number of hydrogen-bond donors (Lipinski definition) is 0. The maximum absolute atomic E-state index is 2.56. The zero-order valence-corrected chi connectivity index (χ0v) is 40.5. The van der Waals surface area contributed by atoms with E-state index in [0.717, 1.165) is 17.1 Å². The highest BCUT2D eigenvalue weighted by atomic mass is 15.1. The van der Waals surface area contributed by atoms with Crippen molar-refractivity contribution in [1.29, 1.82) is 0 Å². The molecular formula is C72H46N2. The second-order valence-corrected chi connectivity index (χ2v) is 20.2. The summed E-state index contributed by atoms with van der Waals surface area (Å²) in [5.41, 5.74) is 23.9. The molecular weight excluding hydrogens is 893 g/mol. The smallest absolute Gasteiger partial charge is 0.0754 e. The van der Waals surface area contributed by atoms with E-state index in [0.29, 0.717) is 0 Å². The van der Waals surface area contributed by atoms with E-state index in [-0.39, 0.29) is 0 Å². The maximum atomic E-state index is 2.56. The normalized spacial score (nSPS) is 13.9. The molecule has 1 aromatic heterocycles. The minimum Gasteiger partial charge on any atom is -0.310 e. The number of para-hydroxylation sites is 2. The summed E-state index contributed by atoms with van der Waals surface area (Å²) in [4.78, 5) is 2.53. The van der Waals surface area contributed by atoms with E-state index < -0.39 is 10.8 Å². The van der Waals surface area contributed by atoms with Crippen molar-refractivity contribution < 1.29 is 0 Å². The van der Waals surface area contributed by atoms with Crippen molar-refractivity contribution in [2.24, 2.45) is 0 Å². The van der Waals surface area contributed by atoms with Gasteiger partial charge in [0.25, 0.3) is 0 Å². The second-order valence-electron chi connectivity index (χ2n) is 20.2. The third kappa shape index (κ3) is 5.33. The molecule has 0 bridgehead atoms. The molecule has 0 saturated heterocycles. The molecule has 0 amide bonds. The first kappa shape index (κ1) is 41.2. The monoisotopic (exact) mass is 938 g/mol. The Morgan fingerprint density at radius 1 is 0.311 bits per heavy atom. The maximum Gasteiger partial charge on any atom is 0.0754 e. The highest BCUT2D eigenvalue weighted by Crippen LogP contribution is 2.62. The van der Waals surface area contributed by atoms with Crippen LogP contribution < -0.4 is 4.90 Å². The molecule has 74 heavy (non-hydrogen) atoms. The molecule has 0 radical (unpaired) electrons. The molecule has 0 atom stereocenters. The lowest BCUT2D eigenvalue weighted by Crippen LogP contribution is -2.33. The Kier molecular flexibility index (Phi) is 8.62. The largest absolute Gasteiger partial charge is 0.310 e. The molecule has 1 aliphatic heterocycles. The van der Waals surface area contributed by atoms with E-state index in [9.17, 15) is 0 Å². The van der Waals surface area contributed by atoms with Crippen LogP contribution in [0, 0.1) is 0 Å². The molecule has 1 spiro atoms. The molecule has 344 valence electrons. The Morgan fingerprint density at radius 2 is 0.824 bits per heavy atom. The number of aromatic nitrogens is 1. The number of hydrogen-bond acceptors (Lipinski definition) is 1. The van der Waals surface area contributed by atoms with Crippen LogP contribution in [0.1, 0.15) is 44.5 Å². The van der Waals surface area contributed by atoms with Gasteiger partial charge in [0.1, 0.15) is 0 Å². The highest BCUT2D eigenvalue weighted by molar-refractivity contribution is 6.14. The van der Waals surface area contributed by atoms with Gasteiger partial charge in [-0.15, -0.1) is 0 Å². The van der Waals surface area contributed by atoms with Gasteiger partial charge < -0.3 is 9.47 Å². The Bertz CT molecular complexity index is 4340. The predicted molar refractivity (Wildman–Crippen MR) is 307 cm³/mol. The molecule has 0 N–H and O–H groups in total. The van der Waals surface area contributed by atoms with E-state index >= 15 is 0 Å². The quantitative estimate of drug-likeness (QED) is 0.161. The molecule has 13 aromatic rings. The standard InChI is InChI=1S/C72H46N2/c1-3-22-49(23-4-1)71(50-24-5-2-6-25-50)62-34-14-11-29-58(62)69-64(71)36-19-39-68(69)73(51-42-40-48(41-43-51)54-30-17-21-47-20-7-8-26-53(47)54)52-44-45-66-59(46-52)57-31-18-37-65-70(57)74(66)67-38-16-15-35-63(67)72(65)60-32-12-9-27-55(60)56-28-10-13-33-61(56)72/h1-46H. The summed E-state index contributed by atoms with van der Waals surface area (Å²) in [7, 11) is 0. The van der Waals surface area contributed by atoms with Gasteiger partial charge in [0.05, 0.1) is 33.2 Å². The fourth-order valence-corrected chi connectivity index (χ4v) is 14.0. The number of nitrogens with zero attached hydrogens (tertiary/aromatic N) is 2. The van der Waals surface area contributed by atoms with Gasteiger partial charge in [-0.3, -0.25) is 0 Å². The Labute approximate surface area is 430 Å². The van der Waals surface area contributed by atoms with Crippen LogP contribution in [0.2, 0.25) is 0 Å². The SMILES string of the molecule is c1ccc(C2(c3ccccc3)c3ccccc3-c3c(N(c4ccc(-c5cccc6ccccc56)cc4)c4ccc5c(c4)c4cccc6c4n5-c4ccccc4C64c5ccccc5-c5ccccc54)cccc32)cc1. The lowest BCUT2D eigenvalue weighted by molar-refractivity contribution is 0.748. The van der Waals surface area contributed by atoms with Crippen molar-refractivity contribution >= 4 is 49.6 Å². The highest BCUT2D eigenvalue weighted by Gasteiger charge is 2.51. The van der Waals surface area contributed by atoms with Crippen LogP contribution in [0.5, 0.6) is 0 Å². The molecule has 2 nitrogen and oxygen atoms in total. The zero-order chi connectivity index (χ0) is 48.5. The fourth-order valence-electron chi connectivity index (χ4n) is 14.0. The number of rotatable bonds is 6. The average molecular weight is 939 g/mol. The molecule has 0 fully saturated rings. The van der Waals surface area contributed by atoms with E-state index in [2.05, 4.69) is 289 Å². The topological polar surface area (TPSA) is 8.17 Å². The van der Waals surface area contributed by atoms with Crippen LogP contribution in [0.3, 0.4) is 0 Å². The molecule has 16 rings (SSSR count). The van der Waals surface area contributed by atoms with Crippen LogP contribution in [0.4, 0.5) is 17.1 Å². The first-order valence-corrected chi connectivity index (χ1v) is 25.8. The van der Waals surface area contributed by atoms with Gasteiger partial charge in [0.15, 0.2) is 0 Å². The van der Waals surface area contributed by atoms with E-state index in [1.54, 1.807) is 0 Å². The average Bonchev–Trinajstić information content (AvgIpc) is 4.11. The molecule has 0 saturated carbocycles. The van der Waals surface area contributed by atoms with Gasteiger partial charge in [0, 0.05) is 27.7 Å². The van der Waals surface area contributed by atoms with E-state index in [4.69, 9.17) is 0 Å². The lowest BCUT2D eigenvalue weighted by Gasteiger charge is -2.39. The van der Waals surface area contributed by atoms with Gasteiger partial charge in [0.2, 0.25) is 0 Å². The molecule has 2 heteroatoms. The van der Waals surface area contributed by atoms with Crippen molar-refractivity contribution in [3.8, 4) is 39.1 Å². The molecule has 2 aliphatic carbocycles. The van der Waals surface area contributed by atoms with Crippen molar-refractivity contribution in [2.75, 3.05) is 4.90 Å². The zero-order valence-electron chi connectivity index (χ0n) is 40.5. The fraction of sp³-hybridized carbons (Fsp3) is 0.0278. The van der Waals surface area contributed by atoms with Crippen LogP contribution in [-0.4, -0.2) is 4.57 Å². The molecule has 3 aliphatic rings. The predicted octanol–water partition coefficient (Wildman–Crippen LogP) is 18.1. The molecule has 12 aromatic carbocycles. The lowest BCUT2D eigenvalue weighted by atomic mass is 9.65. The first-order chi connectivity index (χ1) is 36.7. The minimum absolute atomic E-state index is 0.476. The molecule has 0 unspecified atom stereocenters. The Balaban J connectivity index is 0.971. The second kappa shape index (κ2) is 15.5. The van der Waals surface area contributed by atoms with Gasteiger partial charge in [-0.1, -0.05) is 237 Å². The van der Waals surface area contributed by atoms with Gasteiger partial charge in [-0.25, -0.2) is 0 Å². The van der Waals surface area contributed by atoms with Crippen LogP contribution in [0.25, 0.3) is 71.6 Å². The first-order valence-electron chi connectivity index (χ1n) is 25.8. The van der Waals surface area contributed by atoms with Crippen molar-refractivity contribution in [2.45, 2.75) is 10.8 Å². The van der Waals surface area contributed by atoms with Gasteiger partial charge in [-0.2, -0.15) is 0 Å². The van der Waals surface area contributed by atoms with E-state index in [1.165, 1.54) is 116 Å². The Hall–Kier alpha value is -9.50. The van der Waals surface area contributed by atoms with Crippen LogP contribution in [-0.2, 0) is 10.8 Å². The summed E-state index contributed by atoms with van der Waals surface area (Å²) < 4.78 is 2.56.